The highest BCUT2D eigenvalue weighted by atomic mass is 16.1. The lowest BCUT2D eigenvalue weighted by atomic mass is 10.1. The summed E-state index contributed by atoms with van der Waals surface area (Å²) < 4.78 is 2.15. The van der Waals surface area contributed by atoms with Gasteiger partial charge in [0.25, 0.3) is 0 Å². The molecular weight excluding hydrogens is 198 g/mol. The van der Waals surface area contributed by atoms with Gasteiger partial charge in [0.2, 0.25) is 5.69 Å². The standard InChI is InChI=1S/C14H18NO/c1-3-5-13(16)10-12-9-8-11-6-4-7-14(11)15(12)2/h4,7-9H,3,5-6,10H2,1-2H3/q+1. The van der Waals surface area contributed by atoms with E-state index in [1.165, 1.54) is 11.3 Å². The molecule has 0 fully saturated rings. The van der Waals surface area contributed by atoms with E-state index in [4.69, 9.17) is 0 Å². The molecule has 2 nitrogen and oxygen atoms in total. The lowest BCUT2D eigenvalue weighted by Gasteiger charge is -2.03. The van der Waals surface area contributed by atoms with E-state index >= 15 is 0 Å². The van der Waals surface area contributed by atoms with Gasteiger partial charge >= 0.3 is 0 Å². The summed E-state index contributed by atoms with van der Waals surface area (Å²) in [6, 6.07) is 4.23. The van der Waals surface area contributed by atoms with Gasteiger partial charge in [0.05, 0.1) is 6.42 Å². The molecule has 0 amide bonds. The van der Waals surface area contributed by atoms with Gasteiger partial charge in [0.1, 0.15) is 12.8 Å². The second-order valence-corrected chi connectivity index (χ2v) is 4.37. The van der Waals surface area contributed by atoms with Crippen molar-refractivity contribution in [2.45, 2.75) is 32.6 Å². The predicted octanol–water partition coefficient (Wildman–Crippen LogP) is 1.99. The predicted molar refractivity (Wildman–Crippen MR) is 64.0 cm³/mol. The fourth-order valence-electron chi connectivity index (χ4n) is 2.20. The molecule has 0 radical (unpaired) electrons. The molecule has 0 aliphatic heterocycles. The number of pyridine rings is 1. The quantitative estimate of drug-likeness (QED) is 0.705. The molecule has 0 N–H and O–H groups in total. The first kappa shape index (κ1) is 11.1. The van der Waals surface area contributed by atoms with E-state index in [1.54, 1.807) is 0 Å². The minimum absolute atomic E-state index is 0.333. The van der Waals surface area contributed by atoms with Crippen LogP contribution in [0.2, 0.25) is 0 Å². The van der Waals surface area contributed by atoms with Gasteiger partial charge in [-0.25, -0.2) is 0 Å². The van der Waals surface area contributed by atoms with E-state index in [1.807, 2.05) is 14.0 Å². The first-order valence-electron chi connectivity index (χ1n) is 5.91. The number of fused-ring (bicyclic) bond motifs is 1. The number of Topliss-reactive ketones (excluding diaryl/α,β-unsaturated/α-hetero) is 1. The average Bonchev–Trinajstić information content (AvgIpc) is 2.71. The Morgan fingerprint density at radius 2 is 2.25 bits per heavy atom. The summed E-state index contributed by atoms with van der Waals surface area (Å²) in [4.78, 5) is 11.6. The summed E-state index contributed by atoms with van der Waals surface area (Å²) in [6.45, 7) is 2.04. The van der Waals surface area contributed by atoms with Gasteiger partial charge in [-0.15, -0.1) is 0 Å². The van der Waals surface area contributed by atoms with Crippen LogP contribution in [0.15, 0.2) is 18.2 Å². The average molecular weight is 216 g/mol. The topological polar surface area (TPSA) is 20.9 Å². The van der Waals surface area contributed by atoms with E-state index in [9.17, 15) is 4.79 Å². The van der Waals surface area contributed by atoms with E-state index < -0.39 is 0 Å². The molecule has 0 spiro atoms. The minimum atomic E-state index is 0.333. The van der Waals surface area contributed by atoms with E-state index in [0.717, 1.165) is 18.5 Å². The smallest absolute Gasteiger partial charge is 0.208 e. The fraction of sp³-hybridized carbons (Fsp3) is 0.429. The highest BCUT2D eigenvalue weighted by molar-refractivity contribution is 5.80. The van der Waals surface area contributed by atoms with Crippen LogP contribution in [0.3, 0.4) is 0 Å². The van der Waals surface area contributed by atoms with Gasteiger partial charge in [-0.05, 0) is 18.9 Å². The Labute approximate surface area is 96.6 Å². The van der Waals surface area contributed by atoms with Gasteiger partial charge < -0.3 is 0 Å². The van der Waals surface area contributed by atoms with Crippen LogP contribution in [0.5, 0.6) is 0 Å². The lowest BCUT2D eigenvalue weighted by molar-refractivity contribution is -0.680. The summed E-state index contributed by atoms with van der Waals surface area (Å²) in [7, 11) is 2.04. The number of aromatic nitrogens is 1. The normalized spacial score (nSPS) is 12.9. The second-order valence-electron chi connectivity index (χ2n) is 4.37. The van der Waals surface area contributed by atoms with Crippen LogP contribution in [0.1, 0.15) is 36.7 Å². The highest BCUT2D eigenvalue weighted by Gasteiger charge is 2.19. The maximum Gasteiger partial charge on any atom is 0.208 e. The summed E-state index contributed by atoms with van der Waals surface area (Å²) in [6.07, 6.45) is 7.52. The first-order chi connectivity index (χ1) is 7.72. The van der Waals surface area contributed by atoms with Crippen LogP contribution in [0.4, 0.5) is 0 Å². The largest absolute Gasteiger partial charge is 0.299 e. The van der Waals surface area contributed by atoms with Crippen LogP contribution in [0, 0.1) is 0 Å². The van der Waals surface area contributed by atoms with Gasteiger partial charge in [0.15, 0.2) is 5.69 Å². The van der Waals surface area contributed by atoms with Crippen LogP contribution in [0.25, 0.3) is 6.08 Å². The molecule has 0 saturated heterocycles. The molecule has 1 aromatic heterocycles. The Balaban J connectivity index is 2.23. The summed E-state index contributed by atoms with van der Waals surface area (Å²) >= 11 is 0. The Morgan fingerprint density at radius 1 is 1.44 bits per heavy atom. The first-order valence-corrected chi connectivity index (χ1v) is 5.91. The van der Waals surface area contributed by atoms with Crippen molar-refractivity contribution >= 4 is 11.9 Å². The molecular formula is C14H18NO+. The molecule has 1 aromatic rings. The number of carbonyl (C=O) groups excluding carboxylic acids is 1. The number of hydrogen-bond donors (Lipinski definition) is 0. The number of rotatable bonds is 4. The molecule has 0 unspecified atom stereocenters. The van der Waals surface area contributed by atoms with Crippen molar-refractivity contribution in [2.24, 2.45) is 7.05 Å². The molecule has 0 bridgehead atoms. The second kappa shape index (κ2) is 4.60. The molecule has 2 heteroatoms. The van der Waals surface area contributed by atoms with E-state index in [0.29, 0.717) is 18.6 Å². The lowest BCUT2D eigenvalue weighted by Crippen LogP contribution is -2.38. The van der Waals surface area contributed by atoms with Crippen molar-refractivity contribution in [3.63, 3.8) is 0 Å². The number of ketones is 1. The maximum atomic E-state index is 11.6. The van der Waals surface area contributed by atoms with E-state index in [2.05, 4.69) is 28.9 Å². The zero-order chi connectivity index (χ0) is 11.5. The number of nitrogens with zero attached hydrogens (tertiary/aromatic N) is 1. The van der Waals surface area contributed by atoms with Gasteiger partial charge in [-0.1, -0.05) is 13.0 Å². The Hall–Kier alpha value is -1.44. The van der Waals surface area contributed by atoms with Crippen LogP contribution >= 0.6 is 0 Å². The number of hydrogen-bond acceptors (Lipinski definition) is 1. The van der Waals surface area contributed by atoms with Crippen molar-refractivity contribution in [3.8, 4) is 0 Å². The van der Waals surface area contributed by atoms with Gasteiger partial charge in [-0.2, -0.15) is 4.57 Å². The number of allylic oxidation sites excluding steroid dienone is 1. The molecule has 0 aromatic carbocycles. The SMILES string of the molecule is CCCC(=O)Cc1ccc2c([n+]1C)C=CC2. The molecule has 1 aliphatic rings. The summed E-state index contributed by atoms with van der Waals surface area (Å²) in [5.74, 6) is 0.333. The van der Waals surface area contributed by atoms with Gasteiger partial charge in [0, 0.05) is 24.1 Å². The molecule has 2 rings (SSSR count). The Bertz CT molecular complexity index is 446. The fourth-order valence-corrected chi connectivity index (χ4v) is 2.20. The van der Waals surface area contributed by atoms with Crippen LogP contribution in [-0.2, 0) is 24.7 Å². The molecule has 16 heavy (non-hydrogen) atoms. The van der Waals surface area contributed by atoms with E-state index in [-0.39, 0.29) is 0 Å². The van der Waals surface area contributed by atoms with Crippen molar-refractivity contribution in [2.75, 3.05) is 0 Å². The highest BCUT2D eigenvalue weighted by Crippen LogP contribution is 2.16. The molecule has 1 heterocycles. The van der Waals surface area contributed by atoms with Gasteiger partial charge in [-0.3, -0.25) is 4.79 Å². The number of carbonyl (C=O) groups is 1. The summed E-state index contributed by atoms with van der Waals surface area (Å²) in [5.41, 5.74) is 3.72. The van der Waals surface area contributed by atoms with Crippen molar-refractivity contribution in [1.29, 1.82) is 0 Å². The third-order valence-corrected chi connectivity index (χ3v) is 3.12. The zero-order valence-electron chi connectivity index (χ0n) is 9.99. The third-order valence-electron chi connectivity index (χ3n) is 3.12. The molecule has 1 aliphatic carbocycles. The molecule has 84 valence electrons. The van der Waals surface area contributed by atoms with Crippen LogP contribution in [-0.4, -0.2) is 5.78 Å². The third kappa shape index (κ3) is 2.06. The molecule has 0 atom stereocenters. The summed E-state index contributed by atoms with van der Waals surface area (Å²) in [5, 5.41) is 0. The van der Waals surface area contributed by atoms with Crippen molar-refractivity contribution < 1.29 is 9.36 Å². The van der Waals surface area contributed by atoms with Crippen molar-refractivity contribution in [1.82, 2.24) is 0 Å². The van der Waals surface area contributed by atoms with Crippen molar-refractivity contribution in [3.05, 3.63) is 35.2 Å². The minimum Gasteiger partial charge on any atom is -0.299 e. The molecule has 0 saturated carbocycles. The Morgan fingerprint density at radius 3 is 3.00 bits per heavy atom. The zero-order valence-corrected chi connectivity index (χ0v) is 9.99. The van der Waals surface area contributed by atoms with Crippen LogP contribution < -0.4 is 4.57 Å². The maximum absolute atomic E-state index is 11.6. The Kier molecular flexibility index (Phi) is 3.18. The monoisotopic (exact) mass is 216 g/mol.